The van der Waals surface area contributed by atoms with Gasteiger partial charge in [0, 0.05) is 31.1 Å². The molecule has 152 valence electrons. The fourth-order valence-corrected chi connectivity index (χ4v) is 3.72. The minimum absolute atomic E-state index is 0.0310. The van der Waals surface area contributed by atoms with E-state index in [0.29, 0.717) is 61.5 Å². The van der Waals surface area contributed by atoms with Gasteiger partial charge in [-0.25, -0.2) is 4.39 Å². The van der Waals surface area contributed by atoms with Crippen molar-refractivity contribution < 1.29 is 23.5 Å². The molecule has 0 unspecified atom stereocenters. The predicted molar refractivity (Wildman–Crippen MR) is 104 cm³/mol. The van der Waals surface area contributed by atoms with E-state index >= 15 is 0 Å². The lowest BCUT2D eigenvalue weighted by Crippen LogP contribution is -2.43. The Kier molecular flexibility index (Phi) is 5.64. The molecule has 4 rings (SSSR count). The molecule has 2 amide bonds. The van der Waals surface area contributed by atoms with E-state index in [1.165, 1.54) is 6.07 Å². The third-order valence-corrected chi connectivity index (χ3v) is 5.42. The number of carbonyl (C=O) groups excluding carboxylic acids is 2. The van der Waals surface area contributed by atoms with Gasteiger partial charge in [0.2, 0.25) is 12.7 Å². The van der Waals surface area contributed by atoms with Gasteiger partial charge in [-0.3, -0.25) is 9.59 Å². The Bertz CT molecular complexity index is 909. The zero-order valence-electron chi connectivity index (χ0n) is 16.0. The summed E-state index contributed by atoms with van der Waals surface area (Å²) in [7, 11) is 0. The van der Waals surface area contributed by atoms with Gasteiger partial charge in [-0.2, -0.15) is 0 Å². The fraction of sp³-hybridized carbons (Fsp3) is 0.364. The van der Waals surface area contributed by atoms with E-state index in [1.54, 1.807) is 41.3 Å². The van der Waals surface area contributed by atoms with E-state index < -0.39 is 0 Å². The highest BCUT2D eigenvalue weighted by molar-refractivity contribution is 5.95. The van der Waals surface area contributed by atoms with Crippen LogP contribution < -0.4 is 14.8 Å². The molecule has 2 aromatic rings. The monoisotopic (exact) mass is 398 g/mol. The first-order chi connectivity index (χ1) is 14.1. The Morgan fingerprint density at radius 3 is 2.62 bits per heavy atom. The van der Waals surface area contributed by atoms with Crippen molar-refractivity contribution >= 4 is 11.8 Å². The summed E-state index contributed by atoms with van der Waals surface area (Å²) in [5, 5.41) is 2.89. The maximum Gasteiger partial charge on any atom is 0.253 e. The molecule has 1 fully saturated rings. The van der Waals surface area contributed by atoms with Crippen LogP contribution in [0, 0.1) is 11.7 Å². The number of carbonyl (C=O) groups is 2. The molecule has 1 saturated heterocycles. The second kappa shape index (κ2) is 8.51. The molecule has 0 bridgehead atoms. The van der Waals surface area contributed by atoms with Gasteiger partial charge in [0.15, 0.2) is 11.5 Å². The summed E-state index contributed by atoms with van der Waals surface area (Å²) < 4.78 is 24.2. The highest BCUT2D eigenvalue weighted by atomic mass is 19.1. The Morgan fingerprint density at radius 2 is 1.83 bits per heavy atom. The van der Waals surface area contributed by atoms with Crippen LogP contribution in [0.5, 0.6) is 11.5 Å². The number of rotatable bonds is 5. The number of ether oxygens (including phenoxy) is 2. The third kappa shape index (κ3) is 4.34. The highest BCUT2D eigenvalue weighted by Crippen LogP contribution is 2.33. The van der Waals surface area contributed by atoms with E-state index in [9.17, 15) is 14.0 Å². The van der Waals surface area contributed by atoms with Crippen molar-refractivity contribution in [3.05, 3.63) is 59.4 Å². The number of likely N-dealkylation sites (tertiary alicyclic amines) is 1. The van der Waals surface area contributed by atoms with Crippen LogP contribution in [0.3, 0.4) is 0 Å². The quantitative estimate of drug-likeness (QED) is 0.841. The number of halogens is 1. The third-order valence-electron chi connectivity index (χ3n) is 5.42. The Morgan fingerprint density at radius 1 is 1.07 bits per heavy atom. The van der Waals surface area contributed by atoms with Crippen LogP contribution in [-0.4, -0.2) is 43.1 Å². The van der Waals surface area contributed by atoms with Crippen molar-refractivity contribution in [3.63, 3.8) is 0 Å². The minimum Gasteiger partial charge on any atom is -0.454 e. The number of fused-ring (bicyclic) bond motifs is 1. The van der Waals surface area contributed by atoms with E-state index in [0.717, 1.165) is 0 Å². The molecular weight excluding hydrogens is 375 g/mol. The molecule has 0 radical (unpaired) electrons. The van der Waals surface area contributed by atoms with Crippen LogP contribution in [-0.2, 0) is 11.2 Å². The molecule has 6 nitrogen and oxygen atoms in total. The fourth-order valence-electron chi connectivity index (χ4n) is 3.72. The van der Waals surface area contributed by atoms with Crippen LogP contribution >= 0.6 is 0 Å². The van der Waals surface area contributed by atoms with Crippen molar-refractivity contribution in [2.24, 2.45) is 5.92 Å². The number of amides is 2. The maximum absolute atomic E-state index is 13.6. The van der Waals surface area contributed by atoms with Gasteiger partial charge < -0.3 is 19.7 Å². The Labute approximate surface area is 168 Å². The lowest BCUT2D eigenvalue weighted by atomic mass is 9.95. The average Bonchev–Trinajstić information content (AvgIpc) is 3.22. The van der Waals surface area contributed by atoms with Crippen LogP contribution in [0.25, 0.3) is 0 Å². The van der Waals surface area contributed by atoms with Gasteiger partial charge >= 0.3 is 0 Å². The van der Waals surface area contributed by atoms with Crippen molar-refractivity contribution in [1.82, 2.24) is 10.2 Å². The number of piperidine rings is 1. The molecule has 0 aliphatic carbocycles. The number of nitrogens with one attached hydrogen (secondary N) is 1. The summed E-state index contributed by atoms with van der Waals surface area (Å²) in [5.74, 6) is 0.749. The molecule has 2 aliphatic heterocycles. The second-order valence-electron chi connectivity index (χ2n) is 7.27. The summed E-state index contributed by atoms with van der Waals surface area (Å²) in [6.07, 6.45) is 1.68. The van der Waals surface area contributed by atoms with Crippen molar-refractivity contribution in [1.29, 1.82) is 0 Å². The summed E-state index contributed by atoms with van der Waals surface area (Å²) in [5.41, 5.74) is 1.15. The Hall–Kier alpha value is -3.09. The first kappa shape index (κ1) is 19.2. The number of hydrogen-bond donors (Lipinski definition) is 1. The van der Waals surface area contributed by atoms with E-state index in [4.69, 9.17) is 9.47 Å². The zero-order chi connectivity index (χ0) is 20.2. The van der Waals surface area contributed by atoms with Gasteiger partial charge in [0.1, 0.15) is 5.82 Å². The molecule has 1 N–H and O–H groups in total. The average molecular weight is 398 g/mol. The summed E-state index contributed by atoms with van der Waals surface area (Å²) >= 11 is 0. The summed E-state index contributed by atoms with van der Waals surface area (Å²) in [4.78, 5) is 26.9. The van der Waals surface area contributed by atoms with Crippen molar-refractivity contribution in [2.75, 3.05) is 26.4 Å². The van der Waals surface area contributed by atoms with Crippen LogP contribution in [0.15, 0.2) is 42.5 Å². The van der Waals surface area contributed by atoms with Gasteiger partial charge in [-0.05, 0) is 49.1 Å². The second-order valence-corrected chi connectivity index (χ2v) is 7.27. The van der Waals surface area contributed by atoms with Crippen molar-refractivity contribution in [3.8, 4) is 11.5 Å². The molecule has 0 aromatic heterocycles. The number of benzene rings is 2. The lowest BCUT2D eigenvalue weighted by molar-refractivity contribution is -0.126. The first-order valence-electron chi connectivity index (χ1n) is 9.82. The molecule has 0 atom stereocenters. The van der Waals surface area contributed by atoms with Crippen molar-refractivity contribution in [2.45, 2.75) is 19.3 Å². The smallest absolute Gasteiger partial charge is 0.253 e. The van der Waals surface area contributed by atoms with Crippen LogP contribution in [0.2, 0.25) is 0 Å². The Balaban J connectivity index is 1.25. The van der Waals surface area contributed by atoms with Gasteiger partial charge in [-0.1, -0.05) is 18.2 Å². The standard InChI is InChI=1S/C22H23FN2O4/c23-18-4-2-1-3-15(18)7-10-24-21(26)16-8-11-25(12-9-16)22(27)17-5-6-19-20(13-17)29-14-28-19/h1-6,13,16H,7-12,14H2,(H,24,26). The maximum atomic E-state index is 13.6. The molecule has 2 heterocycles. The van der Waals surface area contributed by atoms with Crippen LogP contribution in [0.4, 0.5) is 4.39 Å². The molecule has 0 spiro atoms. The largest absolute Gasteiger partial charge is 0.454 e. The molecule has 29 heavy (non-hydrogen) atoms. The zero-order valence-corrected chi connectivity index (χ0v) is 16.0. The predicted octanol–water partition coefficient (Wildman–Crippen LogP) is 2.77. The lowest BCUT2D eigenvalue weighted by Gasteiger charge is -2.31. The number of nitrogens with zero attached hydrogens (tertiary/aromatic N) is 1. The minimum atomic E-state index is -0.253. The topological polar surface area (TPSA) is 67.9 Å². The molecular formula is C22H23FN2O4. The molecule has 7 heteroatoms. The SMILES string of the molecule is O=C(NCCc1ccccc1F)C1CCN(C(=O)c2ccc3c(c2)OCO3)CC1. The number of hydrogen-bond acceptors (Lipinski definition) is 4. The summed E-state index contributed by atoms with van der Waals surface area (Å²) in [6, 6.07) is 11.8. The van der Waals surface area contributed by atoms with Crippen LogP contribution in [0.1, 0.15) is 28.8 Å². The normalized spacial score (nSPS) is 16.0. The van der Waals surface area contributed by atoms with E-state index in [-0.39, 0.29) is 30.3 Å². The van der Waals surface area contributed by atoms with E-state index in [1.807, 2.05) is 0 Å². The summed E-state index contributed by atoms with van der Waals surface area (Å²) in [6.45, 7) is 1.62. The molecule has 2 aliphatic rings. The highest BCUT2D eigenvalue weighted by Gasteiger charge is 2.28. The molecule has 0 saturated carbocycles. The first-order valence-corrected chi connectivity index (χ1v) is 9.82. The van der Waals surface area contributed by atoms with Gasteiger partial charge in [0.25, 0.3) is 5.91 Å². The molecule has 2 aromatic carbocycles. The van der Waals surface area contributed by atoms with E-state index in [2.05, 4.69) is 5.32 Å². The van der Waals surface area contributed by atoms with Gasteiger partial charge in [0.05, 0.1) is 0 Å². The van der Waals surface area contributed by atoms with Gasteiger partial charge in [-0.15, -0.1) is 0 Å².